The Labute approximate surface area is 97.8 Å². The van der Waals surface area contributed by atoms with E-state index in [2.05, 4.69) is 15.7 Å². The van der Waals surface area contributed by atoms with Crippen molar-refractivity contribution in [2.75, 3.05) is 5.32 Å². The van der Waals surface area contributed by atoms with Gasteiger partial charge in [0, 0.05) is 11.7 Å². The lowest BCUT2D eigenvalue weighted by atomic mass is 10.3. The Morgan fingerprint density at radius 3 is 2.88 bits per heavy atom. The summed E-state index contributed by atoms with van der Waals surface area (Å²) in [5.41, 5.74) is 0.397. The molecule has 0 spiro atoms. The third-order valence-electron chi connectivity index (χ3n) is 2.60. The van der Waals surface area contributed by atoms with E-state index in [0.29, 0.717) is 5.69 Å². The molecule has 17 heavy (non-hydrogen) atoms. The normalized spacial score (nSPS) is 16.3. The number of carbonyl (C=O) groups excluding carboxylic acids is 1. The van der Waals surface area contributed by atoms with Crippen LogP contribution in [0.25, 0.3) is 0 Å². The minimum Gasteiger partial charge on any atom is -0.480 e. The van der Waals surface area contributed by atoms with E-state index in [-0.39, 0.29) is 18.1 Å². The van der Waals surface area contributed by atoms with Gasteiger partial charge in [-0.1, -0.05) is 0 Å². The van der Waals surface area contributed by atoms with Crippen LogP contribution in [0.4, 0.5) is 10.5 Å². The van der Waals surface area contributed by atoms with Crippen molar-refractivity contribution in [3.05, 3.63) is 12.4 Å². The second kappa shape index (κ2) is 4.08. The number of carboxylic acid groups (broad SMARTS) is 1. The summed E-state index contributed by atoms with van der Waals surface area (Å²) in [6, 6.07) is -0.292. The Bertz CT molecular complexity index is 450. The molecule has 1 aromatic rings. The highest BCUT2D eigenvalue weighted by atomic mass is 16.4. The summed E-state index contributed by atoms with van der Waals surface area (Å²) >= 11 is 0. The highest BCUT2D eigenvalue weighted by Gasteiger charge is 2.38. The number of amides is 2. The Morgan fingerprint density at radius 2 is 2.29 bits per heavy atom. The molecule has 1 saturated carbocycles. The van der Waals surface area contributed by atoms with Crippen LogP contribution in [0, 0.1) is 0 Å². The van der Waals surface area contributed by atoms with Crippen LogP contribution < -0.4 is 10.6 Å². The summed E-state index contributed by atoms with van der Waals surface area (Å²) in [5, 5.41) is 17.8. The molecule has 3 N–H and O–H groups in total. The average Bonchev–Trinajstić information content (AvgIpc) is 2.74. The molecule has 0 aromatic carbocycles. The van der Waals surface area contributed by atoms with Crippen molar-refractivity contribution in [2.24, 2.45) is 0 Å². The van der Waals surface area contributed by atoms with Crippen LogP contribution >= 0.6 is 0 Å². The van der Waals surface area contributed by atoms with Crippen molar-refractivity contribution in [3.63, 3.8) is 0 Å². The number of rotatable bonds is 4. The van der Waals surface area contributed by atoms with Crippen LogP contribution in [-0.2, 0) is 11.3 Å². The first-order chi connectivity index (χ1) is 7.97. The smallest absolute Gasteiger partial charge is 0.325 e. The number of aromatic nitrogens is 2. The average molecular weight is 238 g/mol. The molecule has 0 saturated heterocycles. The molecule has 0 aliphatic heterocycles. The molecule has 2 rings (SSSR count). The lowest BCUT2D eigenvalue weighted by Crippen LogP contribution is -2.37. The van der Waals surface area contributed by atoms with E-state index in [9.17, 15) is 9.59 Å². The second-order valence-corrected chi connectivity index (χ2v) is 4.46. The lowest BCUT2D eigenvalue weighted by Gasteiger charge is -2.11. The number of anilines is 1. The van der Waals surface area contributed by atoms with Gasteiger partial charge in [0.25, 0.3) is 0 Å². The van der Waals surface area contributed by atoms with Crippen LogP contribution in [0.1, 0.15) is 19.8 Å². The van der Waals surface area contributed by atoms with Crippen molar-refractivity contribution in [1.29, 1.82) is 0 Å². The van der Waals surface area contributed by atoms with Gasteiger partial charge in [-0.05, 0) is 19.8 Å². The predicted octanol–water partition coefficient (Wildman–Crippen LogP) is 0.642. The number of hydrogen-bond donors (Lipinski definition) is 3. The van der Waals surface area contributed by atoms with E-state index in [1.165, 1.54) is 17.1 Å². The molecule has 0 unspecified atom stereocenters. The summed E-state index contributed by atoms with van der Waals surface area (Å²) in [6.45, 7) is 1.75. The van der Waals surface area contributed by atoms with E-state index in [0.717, 1.165) is 12.8 Å². The van der Waals surface area contributed by atoms with E-state index in [4.69, 9.17) is 5.11 Å². The van der Waals surface area contributed by atoms with Crippen LogP contribution in [0.3, 0.4) is 0 Å². The van der Waals surface area contributed by atoms with Crippen molar-refractivity contribution >= 4 is 17.7 Å². The summed E-state index contributed by atoms with van der Waals surface area (Å²) in [5.74, 6) is -0.977. The number of carbonyl (C=O) groups is 2. The van der Waals surface area contributed by atoms with Crippen LogP contribution in [0.5, 0.6) is 0 Å². The zero-order valence-corrected chi connectivity index (χ0v) is 9.43. The van der Waals surface area contributed by atoms with E-state index in [1.54, 1.807) is 0 Å². The first kappa shape index (κ1) is 11.4. The Morgan fingerprint density at radius 1 is 1.59 bits per heavy atom. The third kappa shape index (κ3) is 3.20. The fourth-order valence-electron chi connectivity index (χ4n) is 1.40. The Hall–Kier alpha value is -2.05. The minimum absolute atomic E-state index is 0.0822. The molecule has 1 heterocycles. The minimum atomic E-state index is -0.977. The molecule has 7 heteroatoms. The molecule has 0 bridgehead atoms. The maximum absolute atomic E-state index is 11.5. The zero-order chi connectivity index (χ0) is 12.5. The van der Waals surface area contributed by atoms with Crippen LogP contribution in [0.2, 0.25) is 0 Å². The van der Waals surface area contributed by atoms with Gasteiger partial charge >= 0.3 is 12.0 Å². The van der Waals surface area contributed by atoms with Gasteiger partial charge in [-0.2, -0.15) is 5.10 Å². The fraction of sp³-hybridized carbons (Fsp3) is 0.500. The number of nitrogens with one attached hydrogen (secondary N) is 2. The molecule has 1 fully saturated rings. The molecule has 0 radical (unpaired) electrons. The molecule has 1 aliphatic rings. The van der Waals surface area contributed by atoms with E-state index >= 15 is 0 Å². The van der Waals surface area contributed by atoms with Gasteiger partial charge in [0.2, 0.25) is 0 Å². The molecule has 7 nitrogen and oxygen atoms in total. The third-order valence-corrected chi connectivity index (χ3v) is 2.60. The first-order valence-corrected chi connectivity index (χ1v) is 5.30. The largest absolute Gasteiger partial charge is 0.480 e. The fourth-order valence-corrected chi connectivity index (χ4v) is 1.40. The molecule has 92 valence electrons. The quantitative estimate of drug-likeness (QED) is 0.717. The molecule has 0 atom stereocenters. The molecule has 1 aliphatic carbocycles. The molecule has 1 aromatic heterocycles. The SMILES string of the molecule is CC1(NC(=O)Nc2cnn(CC(=O)O)c2)CC1. The lowest BCUT2D eigenvalue weighted by molar-refractivity contribution is -0.137. The van der Waals surface area contributed by atoms with Gasteiger partial charge in [-0.15, -0.1) is 0 Å². The number of carboxylic acids is 1. The standard InChI is InChI=1S/C10H14N4O3/c1-10(2-3-10)13-9(17)12-7-4-11-14(5-7)6-8(15)16/h4-5H,2-3,6H2,1H3,(H,15,16)(H2,12,13,17). The predicted molar refractivity (Wildman–Crippen MR) is 59.7 cm³/mol. The maximum Gasteiger partial charge on any atom is 0.325 e. The monoisotopic (exact) mass is 238 g/mol. The highest BCUT2D eigenvalue weighted by Crippen LogP contribution is 2.34. The van der Waals surface area contributed by atoms with Crippen LogP contribution in [-0.4, -0.2) is 32.4 Å². The number of nitrogens with zero attached hydrogens (tertiary/aromatic N) is 2. The van der Waals surface area contributed by atoms with Gasteiger partial charge in [0.15, 0.2) is 0 Å². The van der Waals surface area contributed by atoms with Crippen molar-refractivity contribution in [3.8, 4) is 0 Å². The number of hydrogen-bond acceptors (Lipinski definition) is 3. The maximum atomic E-state index is 11.5. The number of urea groups is 1. The topological polar surface area (TPSA) is 96.3 Å². The second-order valence-electron chi connectivity index (χ2n) is 4.46. The summed E-state index contributed by atoms with van der Waals surface area (Å²) in [6.07, 6.45) is 4.86. The molecular weight excluding hydrogens is 224 g/mol. The van der Waals surface area contributed by atoms with E-state index in [1.807, 2.05) is 6.92 Å². The Kier molecular flexibility index (Phi) is 2.74. The summed E-state index contributed by atoms with van der Waals surface area (Å²) in [7, 11) is 0. The van der Waals surface area contributed by atoms with Gasteiger partial charge in [0.1, 0.15) is 6.54 Å². The van der Waals surface area contributed by atoms with Gasteiger partial charge < -0.3 is 15.7 Å². The first-order valence-electron chi connectivity index (χ1n) is 5.30. The van der Waals surface area contributed by atoms with Gasteiger partial charge in [-0.25, -0.2) is 4.79 Å². The van der Waals surface area contributed by atoms with Crippen molar-refractivity contribution in [2.45, 2.75) is 31.8 Å². The van der Waals surface area contributed by atoms with Gasteiger partial charge in [-0.3, -0.25) is 9.48 Å². The van der Waals surface area contributed by atoms with Gasteiger partial charge in [0.05, 0.1) is 11.9 Å². The Balaban J connectivity index is 1.87. The number of aliphatic carboxylic acids is 1. The van der Waals surface area contributed by atoms with Crippen LogP contribution in [0.15, 0.2) is 12.4 Å². The van der Waals surface area contributed by atoms with Crippen molar-refractivity contribution in [1.82, 2.24) is 15.1 Å². The highest BCUT2D eigenvalue weighted by molar-refractivity contribution is 5.89. The van der Waals surface area contributed by atoms with E-state index < -0.39 is 5.97 Å². The van der Waals surface area contributed by atoms with Crippen molar-refractivity contribution < 1.29 is 14.7 Å². The molecular formula is C10H14N4O3. The molecule has 2 amide bonds. The zero-order valence-electron chi connectivity index (χ0n) is 9.43. The summed E-state index contributed by atoms with van der Waals surface area (Å²) < 4.78 is 1.25. The summed E-state index contributed by atoms with van der Waals surface area (Å²) in [4.78, 5) is 22.0.